The molecule has 1 aliphatic heterocycles. The number of benzene rings is 2. The van der Waals surface area contributed by atoms with Gasteiger partial charge in [0.1, 0.15) is 17.6 Å². The van der Waals surface area contributed by atoms with Gasteiger partial charge in [0.2, 0.25) is 11.8 Å². The molecule has 0 saturated carbocycles. The highest BCUT2D eigenvalue weighted by molar-refractivity contribution is 6.10. The minimum Gasteiger partial charge on any atom is -0.361 e. The summed E-state index contributed by atoms with van der Waals surface area (Å²) in [5.41, 5.74) is 2.03. The molecule has 0 unspecified atom stereocenters. The van der Waals surface area contributed by atoms with E-state index in [9.17, 15) is 18.4 Å². The van der Waals surface area contributed by atoms with Crippen LogP contribution < -0.4 is 10.2 Å². The third kappa shape index (κ3) is 3.40. The van der Waals surface area contributed by atoms with Crippen molar-refractivity contribution in [3.63, 3.8) is 0 Å². The molecular formula is C20H17F2N3O2. The maximum atomic E-state index is 13.2. The molecule has 2 N–H and O–H groups in total. The van der Waals surface area contributed by atoms with Crippen LogP contribution in [0.1, 0.15) is 12.0 Å². The zero-order valence-corrected chi connectivity index (χ0v) is 14.3. The number of halogens is 2. The second kappa shape index (κ2) is 6.83. The summed E-state index contributed by atoms with van der Waals surface area (Å²) in [6.07, 6.45) is 2.22. The summed E-state index contributed by atoms with van der Waals surface area (Å²) in [5, 5.41) is 3.59. The Bertz CT molecular complexity index is 1010. The molecule has 0 spiro atoms. The third-order valence-electron chi connectivity index (χ3n) is 4.76. The van der Waals surface area contributed by atoms with Gasteiger partial charge in [0, 0.05) is 41.9 Å². The first-order chi connectivity index (χ1) is 13.0. The van der Waals surface area contributed by atoms with Crippen molar-refractivity contribution >= 4 is 28.4 Å². The highest BCUT2D eigenvalue weighted by Crippen LogP contribution is 2.28. The summed E-state index contributed by atoms with van der Waals surface area (Å²) in [7, 11) is 0. The van der Waals surface area contributed by atoms with Crippen LogP contribution in [0.2, 0.25) is 0 Å². The maximum absolute atomic E-state index is 13.2. The number of fused-ring (bicyclic) bond motifs is 1. The zero-order valence-electron chi connectivity index (χ0n) is 14.3. The number of aromatic nitrogens is 1. The van der Waals surface area contributed by atoms with Crippen molar-refractivity contribution in [3.05, 3.63) is 65.9 Å². The van der Waals surface area contributed by atoms with Crippen LogP contribution in [0.4, 0.5) is 14.5 Å². The number of rotatable bonds is 4. The van der Waals surface area contributed by atoms with E-state index in [4.69, 9.17) is 0 Å². The van der Waals surface area contributed by atoms with Gasteiger partial charge in [-0.2, -0.15) is 0 Å². The number of aromatic amines is 1. The van der Waals surface area contributed by atoms with Crippen molar-refractivity contribution in [2.75, 3.05) is 11.4 Å². The number of nitrogens with zero attached hydrogens (tertiary/aromatic N) is 1. The Morgan fingerprint density at radius 1 is 1.15 bits per heavy atom. The van der Waals surface area contributed by atoms with Crippen molar-refractivity contribution in [2.45, 2.75) is 13.0 Å². The van der Waals surface area contributed by atoms with E-state index >= 15 is 0 Å². The number of nitrogens with one attached hydrogen (secondary N) is 2. The molecule has 7 heteroatoms. The van der Waals surface area contributed by atoms with Crippen LogP contribution in [0.25, 0.3) is 10.9 Å². The predicted octanol–water partition coefficient (Wildman–Crippen LogP) is 3.12. The van der Waals surface area contributed by atoms with Gasteiger partial charge in [0.15, 0.2) is 0 Å². The molecule has 2 aromatic carbocycles. The van der Waals surface area contributed by atoms with Crippen molar-refractivity contribution in [1.29, 1.82) is 0 Å². The molecule has 1 aromatic heterocycles. The number of hydrogen-bond acceptors (Lipinski definition) is 2. The lowest BCUT2D eigenvalue weighted by atomic mass is 10.1. The molecule has 0 aliphatic carbocycles. The summed E-state index contributed by atoms with van der Waals surface area (Å²) in [4.78, 5) is 29.8. The molecule has 0 radical (unpaired) electrons. The summed E-state index contributed by atoms with van der Waals surface area (Å²) >= 11 is 0. The van der Waals surface area contributed by atoms with E-state index in [0.717, 1.165) is 34.8 Å². The Morgan fingerprint density at radius 2 is 1.93 bits per heavy atom. The Morgan fingerprint density at radius 3 is 2.70 bits per heavy atom. The van der Waals surface area contributed by atoms with E-state index in [1.807, 2.05) is 30.5 Å². The van der Waals surface area contributed by atoms with Crippen molar-refractivity contribution in [3.8, 4) is 0 Å². The van der Waals surface area contributed by atoms with Gasteiger partial charge in [-0.1, -0.05) is 0 Å². The van der Waals surface area contributed by atoms with Crippen LogP contribution in [0, 0.1) is 17.6 Å². The van der Waals surface area contributed by atoms with E-state index in [2.05, 4.69) is 10.3 Å². The van der Waals surface area contributed by atoms with E-state index in [1.54, 1.807) is 4.90 Å². The standard InChI is InChI=1S/C20H17F2N3O2/c21-14-7-12(8-15(22)10-14)11-24-19(26)17-4-6-25(20(17)27)16-1-2-18-13(9-16)3-5-23-18/h1-3,5,7-10,17,23H,4,6,11H2,(H,24,26)/t17-/m1/s1. The van der Waals surface area contributed by atoms with Crippen molar-refractivity contribution in [1.82, 2.24) is 10.3 Å². The number of carbonyl (C=O) groups is 2. The fraction of sp³-hybridized carbons (Fsp3) is 0.200. The van der Waals surface area contributed by atoms with Crippen molar-refractivity contribution < 1.29 is 18.4 Å². The average molecular weight is 369 g/mol. The zero-order chi connectivity index (χ0) is 19.0. The molecule has 138 valence electrons. The van der Waals surface area contributed by atoms with E-state index in [1.165, 1.54) is 0 Å². The molecule has 4 rings (SSSR count). The molecular weight excluding hydrogens is 352 g/mol. The average Bonchev–Trinajstić information content (AvgIpc) is 3.24. The second-order valence-corrected chi connectivity index (χ2v) is 6.58. The highest BCUT2D eigenvalue weighted by Gasteiger charge is 2.37. The van der Waals surface area contributed by atoms with Gasteiger partial charge in [-0.3, -0.25) is 9.59 Å². The molecule has 1 aliphatic rings. The lowest BCUT2D eigenvalue weighted by Gasteiger charge is -2.17. The predicted molar refractivity (Wildman–Crippen MR) is 97.0 cm³/mol. The molecule has 2 heterocycles. The molecule has 2 amide bonds. The quantitative estimate of drug-likeness (QED) is 0.694. The van der Waals surface area contributed by atoms with Gasteiger partial charge < -0.3 is 15.2 Å². The number of H-pyrrole nitrogens is 1. The number of hydrogen-bond donors (Lipinski definition) is 2. The number of anilines is 1. The van der Waals surface area contributed by atoms with E-state index in [-0.39, 0.29) is 12.5 Å². The van der Waals surface area contributed by atoms with Crippen LogP contribution in [0.5, 0.6) is 0 Å². The fourth-order valence-electron chi connectivity index (χ4n) is 3.41. The molecule has 0 bridgehead atoms. The fourth-order valence-corrected chi connectivity index (χ4v) is 3.41. The maximum Gasteiger partial charge on any atom is 0.239 e. The summed E-state index contributed by atoms with van der Waals surface area (Å²) in [6, 6.07) is 10.6. The molecule has 3 aromatic rings. The molecule has 1 saturated heterocycles. The third-order valence-corrected chi connectivity index (χ3v) is 4.76. The molecule has 27 heavy (non-hydrogen) atoms. The Kier molecular flexibility index (Phi) is 4.35. The van der Waals surface area contributed by atoms with Crippen LogP contribution >= 0.6 is 0 Å². The first-order valence-electron chi connectivity index (χ1n) is 8.62. The minimum atomic E-state index is -0.801. The van der Waals surface area contributed by atoms with Gasteiger partial charge in [-0.05, 0) is 48.4 Å². The first kappa shape index (κ1) is 17.2. The van der Waals surface area contributed by atoms with E-state index < -0.39 is 23.5 Å². The second-order valence-electron chi connectivity index (χ2n) is 6.58. The molecule has 1 atom stereocenters. The van der Waals surface area contributed by atoms with Gasteiger partial charge in [0.25, 0.3) is 0 Å². The Hall–Kier alpha value is -3.22. The number of carbonyl (C=O) groups excluding carboxylic acids is 2. The van der Waals surface area contributed by atoms with Crippen LogP contribution in [-0.2, 0) is 16.1 Å². The monoisotopic (exact) mass is 369 g/mol. The number of amides is 2. The van der Waals surface area contributed by atoms with Crippen LogP contribution in [0.3, 0.4) is 0 Å². The lowest BCUT2D eigenvalue weighted by molar-refractivity contribution is -0.132. The lowest BCUT2D eigenvalue weighted by Crippen LogP contribution is -2.36. The topological polar surface area (TPSA) is 65.2 Å². The normalized spacial score (nSPS) is 16.9. The van der Waals surface area contributed by atoms with Gasteiger partial charge >= 0.3 is 0 Å². The van der Waals surface area contributed by atoms with E-state index in [0.29, 0.717) is 18.5 Å². The summed E-state index contributed by atoms with van der Waals surface area (Å²) in [6.45, 7) is 0.411. The Labute approximate surface area is 154 Å². The summed E-state index contributed by atoms with van der Waals surface area (Å²) in [5.74, 6) is -2.92. The largest absolute Gasteiger partial charge is 0.361 e. The molecule has 5 nitrogen and oxygen atoms in total. The van der Waals surface area contributed by atoms with Crippen molar-refractivity contribution in [2.24, 2.45) is 5.92 Å². The van der Waals surface area contributed by atoms with Crippen LogP contribution in [-0.4, -0.2) is 23.3 Å². The summed E-state index contributed by atoms with van der Waals surface area (Å²) < 4.78 is 26.5. The van der Waals surface area contributed by atoms with Crippen LogP contribution in [0.15, 0.2) is 48.7 Å². The highest BCUT2D eigenvalue weighted by atomic mass is 19.1. The van der Waals surface area contributed by atoms with Gasteiger partial charge in [-0.25, -0.2) is 8.78 Å². The minimum absolute atomic E-state index is 0.0351. The van der Waals surface area contributed by atoms with Gasteiger partial charge in [-0.15, -0.1) is 0 Å². The first-order valence-corrected chi connectivity index (χ1v) is 8.62. The smallest absolute Gasteiger partial charge is 0.239 e. The molecule has 1 fully saturated rings. The van der Waals surface area contributed by atoms with Gasteiger partial charge in [0.05, 0.1) is 0 Å². The Balaban J connectivity index is 1.43. The SMILES string of the molecule is O=C(NCc1cc(F)cc(F)c1)[C@H]1CCN(c2ccc3[nH]ccc3c2)C1=O.